The van der Waals surface area contributed by atoms with E-state index < -0.39 is 5.91 Å². The molecule has 0 atom stereocenters. The van der Waals surface area contributed by atoms with Crippen LogP contribution < -0.4 is 5.43 Å². The molecule has 1 amide bonds. The van der Waals surface area contributed by atoms with E-state index in [4.69, 9.17) is 11.6 Å². The molecule has 20 heavy (non-hydrogen) atoms. The van der Waals surface area contributed by atoms with Gasteiger partial charge < -0.3 is 5.11 Å². The molecule has 102 valence electrons. The molecular formula is C15H13ClN2O2. The maximum absolute atomic E-state index is 11.9. The van der Waals surface area contributed by atoms with Gasteiger partial charge in [0, 0.05) is 10.6 Å². The normalized spacial score (nSPS) is 10.7. The highest BCUT2D eigenvalue weighted by Gasteiger charge is 2.11. The Hall–Kier alpha value is -2.33. The molecule has 5 heteroatoms. The van der Waals surface area contributed by atoms with E-state index in [0.29, 0.717) is 16.1 Å². The Morgan fingerprint density at radius 3 is 2.75 bits per heavy atom. The first-order chi connectivity index (χ1) is 9.59. The summed E-state index contributed by atoms with van der Waals surface area (Å²) < 4.78 is 0. The first kappa shape index (κ1) is 14.1. The maximum Gasteiger partial charge on any atom is 0.275 e. The number of rotatable bonds is 3. The van der Waals surface area contributed by atoms with Gasteiger partial charge in [0.25, 0.3) is 5.91 Å². The molecule has 0 aliphatic carbocycles. The van der Waals surface area contributed by atoms with Crippen LogP contribution in [0.15, 0.2) is 47.6 Å². The lowest BCUT2D eigenvalue weighted by atomic mass is 10.1. The molecule has 0 fully saturated rings. The fourth-order valence-corrected chi connectivity index (χ4v) is 1.83. The highest BCUT2D eigenvalue weighted by atomic mass is 35.5. The Kier molecular flexibility index (Phi) is 4.38. The van der Waals surface area contributed by atoms with Crippen LogP contribution in [0.3, 0.4) is 0 Å². The fraction of sp³-hybridized carbons (Fsp3) is 0.0667. The zero-order valence-electron chi connectivity index (χ0n) is 10.8. The number of carbonyl (C=O) groups excluding carboxylic acids is 1. The lowest BCUT2D eigenvalue weighted by molar-refractivity contribution is 0.0952. The summed E-state index contributed by atoms with van der Waals surface area (Å²) in [4.78, 5) is 11.9. The number of amides is 1. The van der Waals surface area contributed by atoms with Gasteiger partial charge in [-0.15, -0.1) is 0 Å². The van der Waals surface area contributed by atoms with Gasteiger partial charge in [-0.1, -0.05) is 41.9 Å². The van der Waals surface area contributed by atoms with E-state index in [9.17, 15) is 9.90 Å². The zero-order chi connectivity index (χ0) is 14.5. The van der Waals surface area contributed by atoms with Crippen molar-refractivity contribution in [1.29, 1.82) is 0 Å². The van der Waals surface area contributed by atoms with Crippen molar-refractivity contribution >= 4 is 23.7 Å². The van der Waals surface area contributed by atoms with Crippen LogP contribution >= 0.6 is 11.6 Å². The molecule has 0 radical (unpaired) electrons. The summed E-state index contributed by atoms with van der Waals surface area (Å²) in [6, 6.07) is 12.1. The number of nitrogens with one attached hydrogen (secondary N) is 1. The number of halogens is 1. The number of carbonyl (C=O) groups is 1. The number of hydrogen-bond donors (Lipinski definition) is 2. The minimum atomic E-state index is -0.477. The van der Waals surface area contributed by atoms with Crippen molar-refractivity contribution in [3.8, 4) is 5.75 Å². The molecule has 0 heterocycles. The largest absolute Gasteiger partial charge is 0.507 e. The molecule has 2 rings (SSSR count). The predicted octanol–water partition coefficient (Wildman–Crippen LogP) is 3.12. The van der Waals surface area contributed by atoms with Crippen LogP contribution in [0, 0.1) is 6.92 Å². The van der Waals surface area contributed by atoms with Crippen molar-refractivity contribution in [2.24, 2.45) is 5.10 Å². The summed E-state index contributed by atoms with van der Waals surface area (Å²) in [6.07, 6.45) is 1.45. The predicted molar refractivity (Wildman–Crippen MR) is 79.4 cm³/mol. The number of hydrazone groups is 1. The van der Waals surface area contributed by atoms with E-state index in [1.54, 1.807) is 31.2 Å². The third-order valence-electron chi connectivity index (χ3n) is 2.76. The first-order valence-electron chi connectivity index (χ1n) is 5.96. The summed E-state index contributed by atoms with van der Waals surface area (Å²) >= 11 is 5.96. The van der Waals surface area contributed by atoms with Crippen LogP contribution in [0.5, 0.6) is 5.75 Å². The Balaban J connectivity index is 2.10. The quantitative estimate of drug-likeness (QED) is 0.673. The number of aryl methyl sites for hydroxylation is 1. The Morgan fingerprint density at radius 2 is 2.00 bits per heavy atom. The van der Waals surface area contributed by atoms with Gasteiger partial charge in [0.2, 0.25) is 0 Å². The third-order valence-corrected chi connectivity index (χ3v) is 3.10. The van der Waals surface area contributed by atoms with Gasteiger partial charge in [-0.2, -0.15) is 5.10 Å². The second kappa shape index (κ2) is 6.21. The van der Waals surface area contributed by atoms with Gasteiger partial charge in [0.15, 0.2) is 0 Å². The van der Waals surface area contributed by atoms with E-state index in [1.165, 1.54) is 12.3 Å². The summed E-state index contributed by atoms with van der Waals surface area (Å²) in [6.45, 7) is 1.72. The molecular weight excluding hydrogens is 276 g/mol. The number of benzene rings is 2. The molecule has 0 unspecified atom stereocenters. The number of aromatic hydroxyl groups is 1. The number of phenolic OH excluding ortho intramolecular Hbond substituents is 1. The summed E-state index contributed by atoms with van der Waals surface area (Å²) in [5, 5.41) is 14.2. The van der Waals surface area contributed by atoms with E-state index in [1.807, 2.05) is 12.1 Å². The van der Waals surface area contributed by atoms with E-state index >= 15 is 0 Å². The SMILES string of the molecule is Cc1cccc(C(=O)N/N=C/c2ccccc2Cl)c1O. The summed E-state index contributed by atoms with van der Waals surface area (Å²) in [5.41, 5.74) is 3.87. The molecule has 0 aromatic heterocycles. The molecule has 2 N–H and O–H groups in total. The smallest absolute Gasteiger partial charge is 0.275 e. The number of para-hydroxylation sites is 1. The van der Waals surface area contributed by atoms with Gasteiger partial charge in [0.05, 0.1) is 11.8 Å². The van der Waals surface area contributed by atoms with E-state index in [2.05, 4.69) is 10.5 Å². The van der Waals surface area contributed by atoms with Crippen LogP contribution in [-0.4, -0.2) is 17.2 Å². The Bertz CT molecular complexity index is 669. The molecule has 0 aliphatic rings. The molecule has 0 saturated heterocycles. The highest BCUT2D eigenvalue weighted by molar-refractivity contribution is 6.33. The van der Waals surface area contributed by atoms with Crippen LogP contribution in [0.1, 0.15) is 21.5 Å². The Labute approximate surface area is 121 Å². The van der Waals surface area contributed by atoms with Crippen LogP contribution in [0.25, 0.3) is 0 Å². The molecule has 2 aromatic carbocycles. The lowest BCUT2D eigenvalue weighted by Gasteiger charge is -2.05. The maximum atomic E-state index is 11.9. The second-order valence-corrected chi connectivity index (χ2v) is 4.60. The van der Waals surface area contributed by atoms with Crippen molar-refractivity contribution in [1.82, 2.24) is 5.43 Å². The second-order valence-electron chi connectivity index (χ2n) is 4.19. The zero-order valence-corrected chi connectivity index (χ0v) is 11.6. The van der Waals surface area contributed by atoms with E-state index in [0.717, 1.165) is 0 Å². The molecule has 0 aliphatic heterocycles. The van der Waals surface area contributed by atoms with Crippen molar-refractivity contribution < 1.29 is 9.90 Å². The van der Waals surface area contributed by atoms with Gasteiger partial charge in [0.1, 0.15) is 5.75 Å². The number of hydrogen-bond acceptors (Lipinski definition) is 3. The standard InChI is InChI=1S/C15H13ClN2O2/c1-10-5-4-7-12(14(10)19)15(20)18-17-9-11-6-2-3-8-13(11)16/h2-9,19H,1H3,(H,18,20)/b17-9+. The van der Waals surface area contributed by atoms with Crippen molar-refractivity contribution in [2.45, 2.75) is 6.92 Å². The van der Waals surface area contributed by atoms with Crippen molar-refractivity contribution in [3.05, 3.63) is 64.2 Å². The number of phenols is 1. The molecule has 0 bridgehead atoms. The van der Waals surface area contributed by atoms with Crippen LogP contribution in [0.4, 0.5) is 0 Å². The van der Waals surface area contributed by atoms with E-state index in [-0.39, 0.29) is 11.3 Å². The minimum Gasteiger partial charge on any atom is -0.507 e. The molecule has 2 aromatic rings. The summed E-state index contributed by atoms with van der Waals surface area (Å²) in [5.74, 6) is -0.521. The van der Waals surface area contributed by atoms with Crippen LogP contribution in [0.2, 0.25) is 5.02 Å². The summed E-state index contributed by atoms with van der Waals surface area (Å²) in [7, 11) is 0. The monoisotopic (exact) mass is 288 g/mol. The topological polar surface area (TPSA) is 61.7 Å². The van der Waals surface area contributed by atoms with Crippen LogP contribution in [-0.2, 0) is 0 Å². The molecule has 0 spiro atoms. The van der Waals surface area contributed by atoms with Gasteiger partial charge in [-0.3, -0.25) is 4.79 Å². The lowest BCUT2D eigenvalue weighted by Crippen LogP contribution is -2.17. The highest BCUT2D eigenvalue weighted by Crippen LogP contribution is 2.21. The molecule has 0 saturated carbocycles. The Morgan fingerprint density at radius 1 is 1.25 bits per heavy atom. The van der Waals surface area contributed by atoms with Crippen molar-refractivity contribution in [2.75, 3.05) is 0 Å². The third kappa shape index (κ3) is 3.16. The van der Waals surface area contributed by atoms with Gasteiger partial charge in [-0.05, 0) is 24.6 Å². The van der Waals surface area contributed by atoms with Crippen molar-refractivity contribution in [3.63, 3.8) is 0 Å². The first-order valence-corrected chi connectivity index (χ1v) is 6.34. The number of nitrogens with zero attached hydrogens (tertiary/aromatic N) is 1. The molecule has 4 nitrogen and oxygen atoms in total. The minimum absolute atomic E-state index is 0.0436. The average molecular weight is 289 g/mol. The fourth-order valence-electron chi connectivity index (χ4n) is 1.64. The van der Waals surface area contributed by atoms with Gasteiger partial charge >= 0.3 is 0 Å². The van der Waals surface area contributed by atoms with Gasteiger partial charge in [-0.25, -0.2) is 5.43 Å². The average Bonchev–Trinajstić information content (AvgIpc) is 2.44.